The smallest absolute Gasteiger partial charge is 0.256 e. The number of amides is 1. The number of hydrogen-bond acceptors (Lipinski definition) is 2. The number of rotatable bonds is 4. The van der Waals surface area contributed by atoms with Crippen molar-refractivity contribution >= 4 is 29.1 Å². The molecule has 3 nitrogen and oxygen atoms in total. The molecule has 0 aromatic rings. The summed E-state index contributed by atoms with van der Waals surface area (Å²) in [6.07, 6.45) is 0. The van der Waals surface area contributed by atoms with Crippen LogP contribution >= 0.6 is 23.2 Å². The Morgan fingerprint density at radius 1 is 1.54 bits per heavy atom. The number of halogens is 2. The van der Waals surface area contributed by atoms with E-state index in [0.29, 0.717) is 12.5 Å². The topological polar surface area (TPSA) is 44.1 Å². The molecule has 1 amide bonds. The van der Waals surface area contributed by atoms with Crippen LogP contribution in [0.3, 0.4) is 0 Å². The molecule has 13 heavy (non-hydrogen) atoms. The van der Waals surface area contributed by atoms with E-state index in [9.17, 15) is 4.79 Å². The first-order chi connectivity index (χ1) is 5.99. The van der Waals surface area contributed by atoms with Crippen LogP contribution < -0.4 is 0 Å². The first-order valence-corrected chi connectivity index (χ1v) is 4.80. The van der Waals surface area contributed by atoms with Crippen molar-refractivity contribution in [1.82, 2.24) is 4.90 Å². The quantitative estimate of drug-likeness (QED) is 0.538. The van der Waals surface area contributed by atoms with E-state index in [4.69, 9.17) is 28.5 Å². The highest BCUT2D eigenvalue weighted by atomic mass is 35.5. The maximum atomic E-state index is 11.3. The molecule has 0 saturated carbocycles. The fourth-order valence-electron chi connectivity index (χ4n) is 0.897. The summed E-state index contributed by atoms with van der Waals surface area (Å²) in [5, 5.41) is 8.45. The van der Waals surface area contributed by atoms with Gasteiger partial charge in [-0.2, -0.15) is 5.26 Å². The number of hydrogen-bond donors (Lipinski definition) is 0. The lowest BCUT2D eigenvalue weighted by Crippen LogP contribution is -2.37. The van der Waals surface area contributed by atoms with Gasteiger partial charge in [-0.05, 0) is 5.92 Å². The Kier molecular flexibility index (Phi) is 5.85. The van der Waals surface area contributed by atoms with Crippen molar-refractivity contribution in [1.29, 1.82) is 5.26 Å². The van der Waals surface area contributed by atoms with Gasteiger partial charge in [0.05, 0.1) is 6.07 Å². The van der Waals surface area contributed by atoms with Gasteiger partial charge in [0.15, 0.2) is 4.84 Å². The standard InChI is InChI=1S/C8H12Cl2N2O/c1-6(2)5-12(4-3-11)8(13)7(9)10/h6-7H,4-5H2,1-2H3. The summed E-state index contributed by atoms with van der Waals surface area (Å²) in [7, 11) is 0. The van der Waals surface area contributed by atoms with Gasteiger partial charge in [0.2, 0.25) is 0 Å². The van der Waals surface area contributed by atoms with Crippen molar-refractivity contribution in [3.05, 3.63) is 0 Å². The summed E-state index contributed by atoms with van der Waals surface area (Å²) in [5.41, 5.74) is 0. The summed E-state index contributed by atoms with van der Waals surface area (Å²) in [6.45, 7) is 4.44. The molecule has 0 N–H and O–H groups in total. The number of nitriles is 1. The zero-order valence-electron chi connectivity index (χ0n) is 7.63. The monoisotopic (exact) mass is 222 g/mol. The molecule has 0 spiro atoms. The van der Waals surface area contributed by atoms with Crippen LogP contribution in [0.1, 0.15) is 13.8 Å². The predicted molar refractivity (Wildman–Crippen MR) is 52.5 cm³/mol. The van der Waals surface area contributed by atoms with Gasteiger partial charge >= 0.3 is 0 Å². The minimum atomic E-state index is -1.08. The molecule has 0 radical (unpaired) electrons. The minimum absolute atomic E-state index is 0.0347. The van der Waals surface area contributed by atoms with Crippen LogP contribution in [0.25, 0.3) is 0 Å². The number of alkyl halides is 2. The fourth-order valence-corrected chi connectivity index (χ4v) is 1.17. The summed E-state index contributed by atoms with van der Waals surface area (Å²) in [4.78, 5) is 11.6. The van der Waals surface area contributed by atoms with Gasteiger partial charge in [0, 0.05) is 6.54 Å². The molecule has 0 unspecified atom stereocenters. The molecule has 0 saturated heterocycles. The molecule has 0 aliphatic heterocycles. The predicted octanol–water partition coefficient (Wildman–Crippen LogP) is 1.80. The third-order valence-electron chi connectivity index (χ3n) is 1.35. The van der Waals surface area contributed by atoms with Gasteiger partial charge in [-0.3, -0.25) is 4.79 Å². The van der Waals surface area contributed by atoms with Crippen molar-refractivity contribution in [3.8, 4) is 6.07 Å². The minimum Gasteiger partial charge on any atom is -0.327 e. The van der Waals surface area contributed by atoms with Crippen molar-refractivity contribution in [2.24, 2.45) is 5.92 Å². The normalized spacial score (nSPS) is 10.2. The van der Waals surface area contributed by atoms with E-state index >= 15 is 0 Å². The third kappa shape index (κ3) is 4.97. The van der Waals surface area contributed by atoms with Crippen LogP contribution in [0.2, 0.25) is 0 Å². The van der Waals surface area contributed by atoms with E-state index in [1.807, 2.05) is 19.9 Å². The van der Waals surface area contributed by atoms with Crippen molar-refractivity contribution in [3.63, 3.8) is 0 Å². The summed E-state index contributed by atoms with van der Waals surface area (Å²) >= 11 is 10.8. The Labute approximate surface area is 88.2 Å². The molecule has 0 aliphatic rings. The van der Waals surface area contributed by atoms with Crippen LogP contribution in [0.4, 0.5) is 0 Å². The fraction of sp³-hybridized carbons (Fsp3) is 0.750. The van der Waals surface area contributed by atoms with Crippen LogP contribution in [0, 0.1) is 17.2 Å². The highest BCUT2D eigenvalue weighted by Crippen LogP contribution is 2.08. The number of nitrogens with zero attached hydrogens (tertiary/aromatic N) is 2. The van der Waals surface area contributed by atoms with Crippen molar-refractivity contribution in [2.45, 2.75) is 18.7 Å². The first-order valence-electron chi connectivity index (χ1n) is 3.93. The highest BCUT2D eigenvalue weighted by molar-refractivity contribution is 6.53. The number of carbonyl (C=O) groups is 1. The molecule has 0 aliphatic carbocycles. The van der Waals surface area contributed by atoms with Crippen LogP contribution in [0.15, 0.2) is 0 Å². The van der Waals surface area contributed by atoms with E-state index in [-0.39, 0.29) is 6.54 Å². The molecule has 0 rings (SSSR count). The van der Waals surface area contributed by atoms with Gasteiger partial charge < -0.3 is 4.90 Å². The van der Waals surface area contributed by atoms with Gasteiger partial charge in [-0.25, -0.2) is 0 Å². The van der Waals surface area contributed by atoms with E-state index in [1.165, 1.54) is 4.90 Å². The average molecular weight is 223 g/mol. The molecule has 0 atom stereocenters. The van der Waals surface area contributed by atoms with E-state index in [2.05, 4.69) is 0 Å². The van der Waals surface area contributed by atoms with E-state index < -0.39 is 10.7 Å². The Hall–Kier alpha value is -0.460. The Morgan fingerprint density at radius 2 is 2.08 bits per heavy atom. The van der Waals surface area contributed by atoms with E-state index in [0.717, 1.165) is 0 Å². The zero-order chi connectivity index (χ0) is 10.4. The zero-order valence-corrected chi connectivity index (χ0v) is 9.14. The molecule has 0 aromatic carbocycles. The Morgan fingerprint density at radius 3 is 2.38 bits per heavy atom. The number of carbonyl (C=O) groups excluding carboxylic acids is 1. The summed E-state index contributed by atoms with van der Waals surface area (Å²) < 4.78 is 0. The van der Waals surface area contributed by atoms with Crippen molar-refractivity contribution < 1.29 is 4.79 Å². The van der Waals surface area contributed by atoms with Gasteiger partial charge in [-0.15, -0.1) is 0 Å². The first kappa shape index (κ1) is 12.5. The average Bonchev–Trinajstić information content (AvgIpc) is 2.01. The molecule has 0 heterocycles. The molecule has 0 bridgehead atoms. The van der Waals surface area contributed by atoms with Gasteiger partial charge in [-0.1, -0.05) is 37.0 Å². The van der Waals surface area contributed by atoms with Gasteiger partial charge in [0.25, 0.3) is 5.91 Å². The second-order valence-corrected chi connectivity index (χ2v) is 4.17. The molecule has 0 aromatic heterocycles. The maximum Gasteiger partial charge on any atom is 0.256 e. The van der Waals surface area contributed by atoms with E-state index in [1.54, 1.807) is 0 Å². The maximum absolute atomic E-state index is 11.3. The molecule has 74 valence electrons. The lowest BCUT2D eigenvalue weighted by molar-refractivity contribution is -0.129. The molecular formula is C8H12Cl2N2O. The Bertz CT molecular complexity index is 211. The summed E-state index contributed by atoms with van der Waals surface area (Å²) in [6, 6.07) is 1.90. The highest BCUT2D eigenvalue weighted by Gasteiger charge is 2.20. The van der Waals surface area contributed by atoms with Crippen molar-refractivity contribution in [2.75, 3.05) is 13.1 Å². The molecular weight excluding hydrogens is 211 g/mol. The second-order valence-electron chi connectivity index (χ2n) is 3.07. The van der Waals surface area contributed by atoms with Crippen LogP contribution in [0.5, 0.6) is 0 Å². The summed E-state index contributed by atoms with van der Waals surface area (Å²) in [5.74, 6) is -0.108. The Balaban J connectivity index is 4.25. The SMILES string of the molecule is CC(C)CN(CC#N)C(=O)C(Cl)Cl. The van der Waals surface area contributed by atoms with Crippen LogP contribution in [-0.2, 0) is 4.79 Å². The third-order valence-corrected chi connectivity index (χ3v) is 1.72. The van der Waals surface area contributed by atoms with Crippen LogP contribution in [-0.4, -0.2) is 28.7 Å². The lowest BCUT2D eigenvalue weighted by Gasteiger charge is -2.21. The molecule has 0 fully saturated rings. The largest absolute Gasteiger partial charge is 0.327 e. The lowest BCUT2D eigenvalue weighted by atomic mass is 10.2. The second kappa shape index (κ2) is 6.06. The molecule has 5 heteroatoms. The van der Waals surface area contributed by atoms with Gasteiger partial charge in [0.1, 0.15) is 6.54 Å².